The van der Waals surface area contributed by atoms with E-state index in [2.05, 4.69) is 26.1 Å². The van der Waals surface area contributed by atoms with Crippen molar-refractivity contribution in [3.8, 4) is 0 Å². The van der Waals surface area contributed by atoms with Crippen LogP contribution < -0.4 is 5.32 Å². The van der Waals surface area contributed by atoms with Crippen LogP contribution in [0.2, 0.25) is 0 Å². The molecule has 7 heteroatoms. The second kappa shape index (κ2) is 13.8. The zero-order valence-corrected chi connectivity index (χ0v) is 21.7. The molecule has 1 fully saturated rings. The Morgan fingerprint density at radius 1 is 1.26 bits per heavy atom. The molecule has 0 aromatic heterocycles. The predicted octanol–water partition coefficient (Wildman–Crippen LogP) is 3.99. The van der Waals surface area contributed by atoms with Crippen LogP contribution in [0.5, 0.6) is 0 Å². The topological polar surface area (TPSA) is 95.9 Å². The van der Waals surface area contributed by atoms with Crippen molar-refractivity contribution in [2.45, 2.75) is 99.3 Å². The van der Waals surface area contributed by atoms with Crippen LogP contribution in [0.25, 0.3) is 0 Å². The van der Waals surface area contributed by atoms with Gasteiger partial charge in [0, 0.05) is 13.7 Å². The number of carboxylic acid groups (broad SMARTS) is 1. The number of amides is 1. The first-order chi connectivity index (χ1) is 14.0. The fourth-order valence-electron chi connectivity index (χ4n) is 3.38. The van der Waals surface area contributed by atoms with Gasteiger partial charge in [0.05, 0.1) is 11.6 Å². The molecule has 0 aliphatic carbocycles. The second-order valence-corrected chi connectivity index (χ2v) is 11.1. The molecule has 1 heterocycles. The zero-order chi connectivity index (χ0) is 25.0. The minimum atomic E-state index is -0.676. The molecule has 2 N–H and O–H groups in total. The second-order valence-electron chi connectivity index (χ2n) is 11.1. The molecular formula is C24H48N2O5. The third kappa shape index (κ3) is 14.3. The Balaban J connectivity index is 0. The van der Waals surface area contributed by atoms with Gasteiger partial charge in [-0.1, -0.05) is 48.0 Å². The number of hydrogen-bond acceptors (Lipinski definition) is 5. The number of likely N-dealkylation sites (tertiary alicyclic amines) is 1. The van der Waals surface area contributed by atoms with Crippen molar-refractivity contribution in [3.63, 3.8) is 0 Å². The molecule has 1 rings (SSSR count). The van der Waals surface area contributed by atoms with Gasteiger partial charge >= 0.3 is 5.97 Å². The highest BCUT2D eigenvalue weighted by Crippen LogP contribution is 2.39. The van der Waals surface area contributed by atoms with Crippen LogP contribution >= 0.6 is 0 Å². The number of aldehydes is 1. The van der Waals surface area contributed by atoms with Crippen LogP contribution in [-0.2, 0) is 19.1 Å². The van der Waals surface area contributed by atoms with Crippen LogP contribution in [0.15, 0.2) is 0 Å². The largest absolute Gasteiger partial charge is 0.480 e. The third-order valence-electron chi connectivity index (χ3n) is 5.60. The highest BCUT2D eigenvalue weighted by Gasteiger charge is 2.42. The molecule has 4 atom stereocenters. The lowest BCUT2D eigenvalue weighted by atomic mass is 9.79. The van der Waals surface area contributed by atoms with E-state index in [1.807, 2.05) is 53.5 Å². The summed E-state index contributed by atoms with van der Waals surface area (Å²) in [6.45, 7) is 19.3. The molecule has 0 saturated carbocycles. The Bertz CT molecular complexity index is 539. The summed E-state index contributed by atoms with van der Waals surface area (Å²) in [4.78, 5) is 33.3. The molecule has 1 amide bonds. The number of rotatable bonds is 7. The fourth-order valence-corrected chi connectivity index (χ4v) is 3.38. The third-order valence-corrected chi connectivity index (χ3v) is 5.60. The maximum absolute atomic E-state index is 11.0. The molecule has 0 radical (unpaired) electrons. The van der Waals surface area contributed by atoms with Crippen LogP contribution in [-0.4, -0.2) is 67.1 Å². The minimum absolute atomic E-state index is 0.0417. The highest BCUT2D eigenvalue weighted by atomic mass is 16.5. The molecule has 0 aromatic carbocycles. The summed E-state index contributed by atoms with van der Waals surface area (Å²) in [5, 5.41) is 11.5. The number of methoxy groups -OCH3 is 1. The lowest BCUT2D eigenvalue weighted by Gasteiger charge is -2.26. The van der Waals surface area contributed by atoms with E-state index in [-0.39, 0.29) is 28.5 Å². The van der Waals surface area contributed by atoms with E-state index in [4.69, 9.17) is 9.84 Å². The molecule has 0 spiro atoms. The van der Waals surface area contributed by atoms with Gasteiger partial charge in [-0.15, -0.1) is 0 Å². The van der Waals surface area contributed by atoms with Crippen molar-refractivity contribution < 1.29 is 24.2 Å². The molecule has 184 valence electrons. The van der Waals surface area contributed by atoms with Gasteiger partial charge < -0.3 is 20.0 Å². The van der Waals surface area contributed by atoms with E-state index in [0.717, 1.165) is 25.7 Å². The van der Waals surface area contributed by atoms with Crippen molar-refractivity contribution in [1.82, 2.24) is 10.2 Å². The van der Waals surface area contributed by atoms with Gasteiger partial charge in [0.15, 0.2) is 0 Å². The standard InChI is InChI=1S/C12H23NO2.C7H13NO2.C5H12O/c1-5-9(2)6-12(3)7-10(11(14)15)13(4)8-12;1-7(2,3)6(4-9)8-5-10;1-5(2,3)6-4/h9-10H,5-8H2,1-4H3,(H,14,15);4-6H,1-3H3,(H,8,10);1-4H3. The van der Waals surface area contributed by atoms with Gasteiger partial charge in [0.25, 0.3) is 0 Å². The Morgan fingerprint density at radius 3 is 1.97 bits per heavy atom. The van der Waals surface area contributed by atoms with Crippen LogP contribution in [0.4, 0.5) is 0 Å². The first kappa shape index (κ1) is 31.7. The number of carbonyl (C=O) groups excluding carboxylic acids is 2. The van der Waals surface area contributed by atoms with Gasteiger partial charge in [-0.05, 0) is 57.4 Å². The first-order valence-corrected chi connectivity index (χ1v) is 11.1. The number of nitrogens with one attached hydrogen (secondary N) is 1. The molecule has 1 saturated heterocycles. The van der Waals surface area contributed by atoms with Crippen molar-refractivity contribution >= 4 is 18.7 Å². The molecule has 31 heavy (non-hydrogen) atoms. The van der Waals surface area contributed by atoms with Crippen molar-refractivity contribution in [3.05, 3.63) is 0 Å². The Hall–Kier alpha value is -1.47. The number of likely N-dealkylation sites (N-methyl/N-ethyl adjacent to an activating group) is 1. The van der Waals surface area contributed by atoms with Gasteiger partial charge in [-0.25, -0.2) is 0 Å². The summed E-state index contributed by atoms with van der Waals surface area (Å²) in [5.41, 5.74) is 0.0376. The predicted molar refractivity (Wildman–Crippen MR) is 126 cm³/mol. The summed E-state index contributed by atoms with van der Waals surface area (Å²) in [7, 11) is 3.63. The summed E-state index contributed by atoms with van der Waals surface area (Å²) in [6, 6.07) is -0.663. The first-order valence-electron chi connectivity index (χ1n) is 11.1. The van der Waals surface area contributed by atoms with Gasteiger partial charge in [0.1, 0.15) is 12.3 Å². The van der Waals surface area contributed by atoms with Gasteiger partial charge in [-0.3, -0.25) is 14.5 Å². The number of hydrogen-bond donors (Lipinski definition) is 2. The lowest BCUT2D eigenvalue weighted by molar-refractivity contribution is -0.141. The average molecular weight is 445 g/mol. The Labute approximate surface area is 190 Å². The van der Waals surface area contributed by atoms with E-state index >= 15 is 0 Å². The summed E-state index contributed by atoms with van der Waals surface area (Å²) in [5.74, 6) is 0.0151. The zero-order valence-electron chi connectivity index (χ0n) is 21.7. The molecule has 7 nitrogen and oxygen atoms in total. The molecule has 4 unspecified atom stereocenters. The van der Waals surface area contributed by atoms with E-state index in [0.29, 0.717) is 12.3 Å². The number of nitrogens with zero attached hydrogens (tertiary/aromatic N) is 1. The van der Waals surface area contributed by atoms with Crippen molar-refractivity contribution in [1.29, 1.82) is 0 Å². The van der Waals surface area contributed by atoms with E-state index in [1.54, 1.807) is 7.11 Å². The van der Waals surface area contributed by atoms with Crippen LogP contribution in [0, 0.1) is 16.7 Å². The number of carboxylic acids is 1. The summed E-state index contributed by atoms with van der Waals surface area (Å²) >= 11 is 0. The SMILES string of the molecule is CC(C)(C)C(C=O)NC=O.CCC(C)CC1(C)CC(C(=O)O)N(C)C1.COC(C)(C)C. The number of carbonyl (C=O) groups is 3. The van der Waals surface area contributed by atoms with Gasteiger partial charge in [0.2, 0.25) is 6.41 Å². The van der Waals surface area contributed by atoms with Crippen molar-refractivity contribution in [2.24, 2.45) is 16.7 Å². The van der Waals surface area contributed by atoms with Crippen LogP contribution in [0.1, 0.15) is 81.6 Å². The van der Waals surface area contributed by atoms with Crippen molar-refractivity contribution in [2.75, 3.05) is 20.7 Å². The number of aliphatic carboxylic acids is 1. The summed E-state index contributed by atoms with van der Waals surface area (Å²) < 4.78 is 4.94. The Morgan fingerprint density at radius 2 is 1.74 bits per heavy atom. The lowest BCUT2D eigenvalue weighted by Crippen LogP contribution is -2.40. The molecule has 0 aromatic rings. The monoisotopic (exact) mass is 444 g/mol. The minimum Gasteiger partial charge on any atom is -0.480 e. The Kier molecular flexibility index (Phi) is 14.2. The maximum atomic E-state index is 11.0. The smallest absolute Gasteiger partial charge is 0.320 e. The van der Waals surface area contributed by atoms with E-state index in [9.17, 15) is 14.4 Å². The van der Waals surface area contributed by atoms with E-state index in [1.165, 1.54) is 6.42 Å². The molecular weight excluding hydrogens is 396 g/mol. The van der Waals surface area contributed by atoms with Gasteiger partial charge in [-0.2, -0.15) is 0 Å². The normalized spacial score (nSPS) is 23.4. The summed E-state index contributed by atoms with van der Waals surface area (Å²) in [6.07, 6.45) is 4.40. The van der Waals surface area contributed by atoms with E-state index < -0.39 is 5.97 Å². The maximum Gasteiger partial charge on any atom is 0.320 e. The number of ether oxygens (including phenoxy) is 1. The molecule has 0 bridgehead atoms. The fraction of sp³-hybridized carbons (Fsp3) is 0.875. The average Bonchev–Trinajstić information content (AvgIpc) is 2.93. The quantitative estimate of drug-likeness (QED) is 0.576. The van der Waals surface area contributed by atoms with Crippen LogP contribution in [0.3, 0.4) is 0 Å². The molecule has 1 aliphatic heterocycles. The highest BCUT2D eigenvalue weighted by molar-refractivity contribution is 5.74. The molecule has 1 aliphatic rings.